The number of nitrogens with one attached hydrogen (secondary N) is 1. The normalized spacial score (nSPS) is 18.8. The first kappa shape index (κ1) is 31.0. The molecular formula is C36H35BrFN5O4. The number of hydrogen-bond acceptors (Lipinski definition) is 6. The van der Waals surface area contributed by atoms with Crippen molar-refractivity contribution in [2.24, 2.45) is 5.92 Å². The number of anilines is 3. The molecule has 3 aliphatic rings. The van der Waals surface area contributed by atoms with Gasteiger partial charge in [0.25, 0.3) is 17.4 Å². The van der Waals surface area contributed by atoms with Gasteiger partial charge in [0.05, 0.1) is 24.0 Å². The fraction of sp³-hybridized carbons (Fsp3) is 0.306. The van der Waals surface area contributed by atoms with E-state index in [1.807, 2.05) is 33.7 Å². The lowest BCUT2D eigenvalue weighted by Gasteiger charge is -2.44. The molecule has 3 aromatic carbocycles. The second kappa shape index (κ2) is 12.9. The van der Waals surface area contributed by atoms with Gasteiger partial charge in [-0.15, -0.1) is 0 Å². The van der Waals surface area contributed by atoms with E-state index in [-0.39, 0.29) is 35.0 Å². The Kier molecular flexibility index (Phi) is 8.48. The van der Waals surface area contributed by atoms with E-state index in [0.29, 0.717) is 66.3 Å². The second-order valence-electron chi connectivity index (χ2n) is 12.4. The molecule has 0 saturated carbocycles. The van der Waals surface area contributed by atoms with Crippen LogP contribution in [0, 0.1) is 11.7 Å². The molecule has 2 amide bonds. The molecule has 47 heavy (non-hydrogen) atoms. The molecule has 11 heteroatoms. The summed E-state index contributed by atoms with van der Waals surface area (Å²) in [7, 11) is 1.55. The van der Waals surface area contributed by atoms with Crippen molar-refractivity contribution < 1.29 is 18.7 Å². The van der Waals surface area contributed by atoms with Crippen LogP contribution in [0.15, 0.2) is 88.1 Å². The van der Waals surface area contributed by atoms with Crippen molar-refractivity contribution >= 4 is 44.8 Å². The van der Waals surface area contributed by atoms with Crippen molar-refractivity contribution in [2.75, 3.05) is 61.5 Å². The van der Waals surface area contributed by atoms with E-state index in [4.69, 9.17) is 4.74 Å². The largest absolute Gasteiger partial charge is 0.497 e. The standard InChI is InChI=1S/C36H35BrFN5O4/c1-47-28-10-11-30(37)29(19-28)35(45)39-31-18-24(36(46)41-15-13-40(14-16-41)27-8-6-26(38)7-9-27)5-12-33(31)42-20-23-17-25(22-42)32-3-2-4-34(44)43(32)21-23/h2-12,18-19,23,25H,13-17,20-22H2,1H3,(H,39,45)/t23-,25+/m1/s1. The molecule has 3 aliphatic heterocycles. The number of halogens is 2. The molecule has 4 heterocycles. The predicted molar refractivity (Wildman–Crippen MR) is 183 cm³/mol. The molecule has 2 atom stereocenters. The molecule has 0 radical (unpaired) electrons. The number of pyridine rings is 1. The summed E-state index contributed by atoms with van der Waals surface area (Å²) in [5.41, 5.74) is 4.27. The molecule has 7 rings (SSSR count). The maximum Gasteiger partial charge on any atom is 0.257 e. The average Bonchev–Trinajstić information content (AvgIpc) is 3.09. The zero-order valence-corrected chi connectivity index (χ0v) is 27.6. The zero-order chi connectivity index (χ0) is 32.7. The van der Waals surface area contributed by atoms with Crippen LogP contribution in [-0.2, 0) is 6.54 Å². The third-order valence-corrected chi connectivity index (χ3v) is 10.2. The van der Waals surface area contributed by atoms with Crippen molar-refractivity contribution in [2.45, 2.75) is 18.9 Å². The van der Waals surface area contributed by atoms with E-state index in [1.165, 1.54) is 12.1 Å². The number of ether oxygens (including phenoxy) is 1. The molecular weight excluding hydrogens is 665 g/mol. The minimum Gasteiger partial charge on any atom is -0.497 e. The van der Waals surface area contributed by atoms with Gasteiger partial charge in [0.15, 0.2) is 0 Å². The SMILES string of the molecule is COc1ccc(Br)c(C(=O)Nc2cc(C(=O)N3CCN(c4ccc(F)cc4)CC3)ccc2N2C[C@H]3C[C@@H](C2)c2cccc(=O)n2C3)c1. The number of rotatable bonds is 6. The number of piperazine rings is 1. The van der Waals surface area contributed by atoms with E-state index in [9.17, 15) is 18.8 Å². The Balaban J connectivity index is 1.17. The first-order chi connectivity index (χ1) is 22.8. The van der Waals surface area contributed by atoms with Gasteiger partial charge in [0.1, 0.15) is 11.6 Å². The van der Waals surface area contributed by atoms with Gasteiger partial charge in [0.2, 0.25) is 0 Å². The quantitative estimate of drug-likeness (QED) is 0.282. The maximum absolute atomic E-state index is 13.8. The zero-order valence-electron chi connectivity index (χ0n) is 26.0. The molecule has 242 valence electrons. The number of amides is 2. The predicted octanol–water partition coefficient (Wildman–Crippen LogP) is 5.60. The fourth-order valence-electron chi connectivity index (χ4n) is 7.14. The van der Waals surface area contributed by atoms with Gasteiger partial charge in [-0.1, -0.05) is 6.07 Å². The first-order valence-corrected chi connectivity index (χ1v) is 16.6. The highest BCUT2D eigenvalue weighted by molar-refractivity contribution is 9.10. The topological polar surface area (TPSA) is 87.1 Å². The summed E-state index contributed by atoms with van der Waals surface area (Å²) in [5.74, 6) is 0.281. The number of aromatic nitrogens is 1. The average molecular weight is 701 g/mol. The number of benzene rings is 3. The lowest BCUT2D eigenvalue weighted by molar-refractivity contribution is 0.0746. The number of methoxy groups -OCH3 is 1. The van der Waals surface area contributed by atoms with E-state index in [1.54, 1.807) is 49.6 Å². The van der Waals surface area contributed by atoms with Gasteiger partial charge in [-0.3, -0.25) is 14.4 Å². The summed E-state index contributed by atoms with van der Waals surface area (Å²) in [6.45, 7) is 4.36. The van der Waals surface area contributed by atoms with Gasteiger partial charge >= 0.3 is 0 Å². The molecule has 0 unspecified atom stereocenters. The van der Waals surface area contributed by atoms with Gasteiger partial charge in [-0.2, -0.15) is 0 Å². The summed E-state index contributed by atoms with van der Waals surface area (Å²) < 4.78 is 21.3. The third-order valence-electron chi connectivity index (χ3n) is 9.49. The first-order valence-electron chi connectivity index (χ1n) is 15.8. The van der Waals surface area contributed by atoms with Crippen LogP contribution < -0.4 is 25.4 Å². The van der Waals surface area contributed by atoms with Crippen LogP contribution in [0.4, 0.5) is 21.5 Å². The minimum absolute atomic E-state index is 0.0313. The highest BCUT2D eigenvalue weighted by Gasteiger charge is 2.35. The van der Waals surface area contributed by atoms with Gasteiger partial charge < -0.3 is 29.3 Å². The molecule has 2 fully saturated rings. The Hall–Kier alpha value is -4.64. The van der Waals surface area contributed by atoms with Gasteiger partial charge in [0, 0.05) is 79.2 Å². The number of piperidine rings is 1. The molecule has 0 spiro atoms. The monoisotopic (exact) mass is 699 g/mol. The Bertz CT molecular complexity index is 1890. The Morgan fingerprint density at radius 3 is 2.45 bits per heavy atom. The Morgan fingerprint density at radius 1 is 0.894 bits per heavy atom. The number of hydrogen-bond donors (Lipinski definition) is 1. The van der Waals surface area contributed by atoms with Crippen LogP contribution in [0.3, 0.4) is 0 Å². The Morgan fingerprint density at radius 2 is 1.68 bits per heavy atom. The molecule has 4 aromatic rings. The summed E-state index contributed by atoms with van der Waals surface area (Å²) in [6.07, 6.45) is 0.999. The lowest BCUT2D eigenvalue weighted by atomic mass is 9.83. The number of carbonyl (C=O) groups is 2. The van der Waals surface area contributed by atoms with Crippen molar-refractivity contribution in [1.82, 2.24) is 9.47 Å². The van der Waals surface area contributed by atoms with Crippen molar-refractivity contribution in [3.8, 4) is 5.75 Å². The van der Waals surface area contributed by atoms with Crippen LogP contribution in [0.5, 0.6) is 5.75 Å². The highest BCUT2D eigenvalue weighted by Crippen LogP contribution is 2.40. The van der Waals surface area contributed by atoms with Crippen molar-refractivity contribution in [3.05, 3.63) is 116 Å². The van der Waals surface area contributed by atoms with Gasteiger partial charge in [-0.05, 0) is 95.0 Å². The summed E-state index contributed by atoms with van der Waals surface area (Å²) in [5, 5.41) is 3.11. The second-order valence-corrected chi connectivity index (χ2v) is 13.2. The smallest absolute Gasteiger partial charge is 0.257 e. The van der Waals surface area contributed by atoms with E-state index in [0.717, 1.165) is 30.0 Å². The summed E-state index contributed by atoms with van der Waals surface area (Å²) in [6, 6.07) is 22.6. The molecule has 2 saturated heterocycles. The number of nitrogens with zero attached hydrogens (tertiary/aromatic N) is 4. The number of fused-ring (bicyclic) bond motifs is 4. The van der Waals surface area contributed by atoms with Crippen LogP contribution in [0.2, 0.25) is 0 Å². The van der Waals surface area contributed by atoms with Crippen LogP contribution in [-0.4, -0.2) is 67.7 Å². The minimum atomic E-state index is -0.330. The van der Waals surface area contributed by atoms with Crippen molar-refractivity contribution in [3.63, 3.8) is 0 Å². The van der Waals surface area contributed by atoms with Crippen LogP contribution in [0.1, 0.15) is 38.7 Å². The highest BCUT2D eigenvalue weighted by atomic mass is 79.9. The molecule has 1 N–H and O–H groups in total. The van der Waals surface area contributed by atoms with E-state index in [2.05, 4.69) is 31.0 Å². The molecule has 0 aliphatic carbocycles. The fourth-order valence-corrected chi connectivity index (χ4v) is 7.56. The molecule has 9 nitrogen and oxygen atoms in total. The molecule has 1 aromatic heterocycles. The van der Waals surface area contributed by atoms with Crippen LogP contribution in [0.25, 0.3) is 0 Å². The van der Waals surface area contributed by atoms with Crippen LogP contribution >= 0.6 is 15.9 Å². The molecule has 2 bridgehead atoms. The summed E-state index contributed by atoms with van der Waals surface area (Å²) in [4.78, 5) is 46.4. The number of carbonyl (C=O) groups excluding carboxylic acids is 2. The van der Waals surface area contributed by atoms with E-state index >= 15 is 0 Å². The summed E-state index contributed by atoms with van der Waals surface area (Å²) >= 11 is 3.50. The third kappa shape index (κ3) is 6.24. The Labute approximate surface area is 280 Å². The van der Waals surface area contributed by atoms with Gasteiger partial charge in [-0.25, -0.2) is 4.39 Å². The van der Waals surface area contributed by atoms with Crippen molar-refractivity contribution in [1.29, 1.82) is 0 Å². The maximum atomic E-state index is 13.8. The van der Waals surface area contributed by atoms with E-state index < -0.39 is 0 Å². The lowest BCUT2D eigenvalue weighted by Crippen LogP contribution is -2.49.